The van der Waals surface area contributed by atoms with Crippen LogP contribution in [-0.4, -0.2) is 41.4 Å². The van der Waals surface area contributed by atoms with Crippen molar-refractivity contribution in [2.75, 3.05) is 29.9 Å². The number of hydrogen-bond donors (Lipinski definition) is 0. The fraction of sp³-hybridized carbons (Fsp3) is 0.600. The van der Waals surface area contributed by atoms with Crippen molar-refractivity contribution in [3.8, 4) is 5.88 Å². The third kappa shape index (κ3) is 4.80. The summed E-state index contributed by atoms with van der Waals surface area (Å²) in [6.07, 6.45) is -1.09. The van der Waals surface area contributed by atoms with Crippen LogP contribution in [0.4, 0.5) is 14.6 Å². The van der Waals surface area contributed by atoms with Gasteiger partial charge in [0.1, 0.15) is 12.1 Å². The van der Waals surface area contributed by atoms with Crippen LogP contribution in [0.2, 0.25) is 0 Å². The van der Waals surface area contributed by atoms with E-state index in [9.17, 15) is 8.78 Å². The molecule has 0 aliphatic heterocycles. The first-order valence-corrected chi connectivity index (χ1v) is 6.33. The molecule has 0 saturated heterocycles. The molecule has 7 heteroatoms. The molecule has 1 aromatic rings. The molecular formula is C10H14BrF2N3O. The van der Waals surface area contributed by atoms with E-state index in [0.717, 1.165) is 0 Å². The number of ether oxygens (including phenoxy) is 1. The maximum Gasteiger partial charge on any atom is 0.255 e. The average molecular weight is 310 g/mol. The molecule has 1 heterocycles. The molecule has 0 bridgehead atoms. The highest BCUT2D eigenvalue weighted by Crippen LogP contribution is 2.17. The fourth-order valence-corrected chi connectivity index (χ4v) is 1.73. The lowest BCUT2D eigenvalue weighted by Gasteiger charge is -2.22. The maximum absolute atomic E-state index is 12.4. The summed E-state index contributed by atoms with van der Waals surface area (Å²) >= 11 is 3.23. The van der Waals surface area contributed by atoms with Crippen LogP contribution in [0.15, 0.2) is 12.4 Å². The molecule has 0 radical (unpaired) electrons. The van der Waals surface area contributed by atoms with Gasteiger partial charge in [-0.25, -0.2) is 18.7 Å². The normalized spacial score (nSPS) is 10.6. The second-order valence-corrected chi connectivity index (χ2v) is 3.97. The van der Waals surface area contributed by atoms with Gasteiger partial charge in [-0.1, -0.05) is 15.9 Å². The zero-order chi connectivity index (χ0) is 12.7. The standard InChI is InChI=1S/C10H14BrF2N3O/c1-2-17-10-5-9(14-7-15-10)16(4-3-11)6-8(12)13/h5,7-8H,2-4,6H2,1H3. The largest absolute Gasteiger partial charge is 0.478 e. The highest BCUT2D eigenvalue weighted by molar-refractivity contribution is 9.09. The molecule has 4 nitrogen and oxygen atoms in total. The molecule has 1 aromatic heterocycles. The minimum Gasteiger partial charge on any atom is -0.478 e. The molecule has 0 unspecified atom stereocenters. The molecular weight excluding hydrogens is 296 g/mol. The minimum absolute atomic E-state index is 0.353. The molecule has 96 valence electrons. The van der Waals surface area contributed by atoms with E-state index in [4.69, 9.17) is 4.74 Å². The summed E-state index contributed by atoms with van der Waals surface area (Å²) in [6.45, 7) is 2.40. The topological polar surface area (TPSA) is 38.2 Å². The van der Waals surface area contributed by atoms with Crippen LogP contribution in [0.3, 0.4) is 0 Å². The molecule has 0 amide bonds. The summed E-state index contributed by atoms with van der Waals surface area (Å²) in [6, 6.07) is 1.56. The Balaban J connectivity index is 2.81. The zero-order valence-corrected chi connectivity index (χ0v) is 11.0. The minimum atomic E-state index is -2.40. The Morgan fingerprint density at radius 2 is 2.24 bits per heavy atom. The van der Waals surface area contributed by atoms with E-state index in [1.165, 1.54) is 11.2 Å². The molecule has 0 spiro atoms. The van der Waals surface area contributed by atoms with Crippen molar-refractivity contribution in [2.45, 2.75) is 13.3 Å². The second-order valence-electron chi connectivity index (χ2n) is 3.17. The van der Waals surface area contributed by atoms with Crippen LogP contribution >= 0.6 is 15.9 Å². The Bertz CT molecular complexity index is 341. The van der Waals surface area contributed by atoms with Crippen molar-refractivity contribution in [1.29, 1.82) is 0 Å². The third-order valence-corrected chi connectivity index (χ3v) is 2.31. The Kier molecular flexibility index (Phi) is 6.10. The summed E-state index contributed by atoms with van der Waals surface area (Å²) in [5, 5.41) is 0.591. The Morgan fingerprint density at radius 3 is 2.82 bits per heavy atom. The van der Waals surface area contributed by atoms with Crippen LogP contribution in [0.25, 0.3) is 0 Å². The van der Waals surface area contributed by atoms with Crippen LogP contribution < -0.4 is 9.64 Å². The second kappa shape index (κ2) is 7.37. The third-order valence-electron chi connectivity index (χ3n) is 1.96. The van der Waals surface area contributed by atoms with Gasteiger partial charge in [0.2, 0.25) is 5.88 Å². The first-order chi connectivity index (χ1) is 8.17. The van der Waals surface area contributed by atoms with Gasteiger partial charge in [-0.2, -0.15) is 0 Å². The lowest BCUT2D eigenvalue weighted by atomic mass is 10.4. The van der Waals surface area contributed by atoms with E-state index in [1.54, 1.807) is 6.07 Å². The van der Waals surface area contributed by atoms with Gasteiger partial charge in [-0.05, 0) is 6.92 Å². The van der Waals surface area contributed by atoms with E-state index < -0.39 is 6.43 Å². The average Bonchev–Trinajstić information content (AvgIpc) is 2.29. The molecule has 0 fully saturated rings. The Morgan fingerprint density at radius 1 is 1.47 bits per heavy atom. The number of nitrogens with zero attached hydrogens (tertiary/aromatic N) is 3. The highest BCUT2D eigenvalue weighted by Gasteiger charge is 2.14. The monoisotopic (exact) mass is 309 g/mol. The Hall–Kier alpha value is -0.980. The molecule has 0 aromatic carbocycles. The molecule has 0 aliphatic rings. The summed E-state index contributed by atoms with van der Waals surface area (Å²) in [5.41, 5.74) is 0. The maximum atomic E-state index is 12.4. The number of rotatable bonds is 7. The number of aromatic nitrogens is 2. The molecule has 0 N–H and O–H groups in total. The van der Waals surface area contributed by atoms with E-state index >= 15 is 0 Å². The molecule has 0 aliphatic carbocycles. The lowest BCUT2D eigenvalue weighted by molar-refractivity contribution is 0.155. The summed E-state index contributed by atoms with van der Waals surface area (Å²) in [5.74, 6) is 0.842. The first kappa shape index (κ1) is 14.1. The van der Waals surface area contributed by atoms with Crippen molar-refractivity contribution in [3.63, 3.8) is 0 Å². The van der Waals surface area contributed by atoms with Crippen LogP contribution in [-0.2, 0) is 0 Å². The number of hydrogen-bond acceptors (Lipinski definition) is 4. The predicted octanol–water partition coefficient (Wildman–Crippen LogP) is 2.34. The first-order valence-electron chi connectivity index (χ1n) is 5.21. The molecule has 0 atom stereocenters. The van der Waals surface area contributed by atoms with Gasteiger partial charge < -0.3 is 9.64 Å². The molecule has 0 saturated carbocycles. The van der Waals surface area contributed by atoms with E-state index in [0.29, 0.717) is 30.2 Å². The van der Waals surface area contributed by atoms with Crippen molar-refractivity contribution in [2.24, 2.45) is 0 Å². The van der Waals surface area contributed by atoms with Crippen molar-refractivity contribution < 1.29 is 13.5 Å². The van der Waals surface area contributed by atoms with Gasteiger partial charge in [0, 0.05) is 17.9 Å². The predicted molar refractivity (Wildman–Crippen MR) is 65.2 cm³/mol. The van der Waals surface area contributed by atoms with Crippen LogP contribution in [0, 0.1) is 0 Å². The Labute approximate surface area is 107 Å². The van der Waals surface area contributed by atoms with E-state index in [2.05, 4.69) is 25.9 Å². The van der Waals surface area contributed by atoms with Crippen LogP contribution in [0.1, 0.15) is 6.92 Å². The zero-order valence-electron chi connectivity index (χ0n) is 9.44. The number of halogens is 3. The quantitative estimate of drug-likeness (QED) is 0.725. The van der Waals surface area contributed by atoms with E-state index in [-0.39, 0.29) is 6.54 Å². The van der Waals surface area contributed by atoms with Crippen molar-refractivity contribution in [1.82, 2.24) is 9.97 Å². The van der Waals surface area contributed by atoms with E-state index in [1.807, 2.05) is 6.92 Å². The SMILES string of the molecule is CCOc1cc(N(CCBr)CC(F)F)ncn1. The highest BCUT2D eigenvalue weighted by atomic mass is 79.9. The van der Waals surface area contributed by atoms with Gasteiger partial charge in [-0.3, -0.25) is 0 Å². The fourth-order valence-electron chi connectivity index (χ4n) is 1.30. The van der Waals surface area contributed by atoms with Crippen molar-refractivity contribution in [3.05, 3.63) is 12.4 Å². The molecule has 17 heavy (non-hydrogen) atoms. The van der Waals surface area contributed by atoms with Crippen LogP contribution in [0.5, 0.6) is 5.88 Å². The summed E-state index contributed by atoms with van der Waals surface area (Å²) < 4.78 is 30.0. The smallest absolute Gasteiger partial charge is 0.255 e. The van der Waals surface area contributed by atoms with Gasteiger partial charge in [0.05, 0.1) is 13.2 Å². The van der Waals surface area contributed by atoms with Gasteiger partial charge in [-0.15, -0.1) is 0 Å². The van der Waals surface area contributed by atoms with Gasteiger partial charge in [0.15, 0.2) is 0 Å². The number of alkyl halides is 3. The molecule has 1 rings (SSSR count). The van der Waals surface area contributed by atoms with Gasteiger partial charge in [0.25, 0.3) is 6.43 Å². The van der Waals surface area contributed by atoms with Crippen molar-refractivity contribution >= 4 is 21.7 Å². The van der Waals surface area contributed by atoms with Gasteiger partial charge >= 0.3 is 0 Å². The number of anilines is 1. The summed E-state index contributed by atoms with van der Waals surface area (Å²) in [7, 11) is 0. The lowest BCUT2D eigenvalue weighted by Crippen LogP contribution is -2.31. The summed E-state index contributed by atoms with van der Waals surface area (Å²) in [4.78, 5) is 9.36.